The van der Waals surface area contributed by atoms with Crippen molar-refractivity contribution in [2.45, 2.75) is 44.1 Å². The fraction of sp³-hybridized carbons (Fsp3) is 0.636. The highest BCUT2D eigenvalue weighted by molar-refractivity contribution is 7.90. The van der Waals surface area contributed by atoms with Crippen LogP contribution in [0.4, 0.5) is 5.69 Å². The van der Waals surface area contributed by atoms with Crippen molar-refractivity contribution >= 4 is 21.8 Å². The smallest absolute Gasteiger partial charge is 0.305 e. The van der Waals surface area contributed by atoms with Crippen LogP contribution in [0.15, 0.2) is 24.3 Å². The van der Waals surface area contributed by atoms with Crippen LogP contribution < -0.4 is 10.0 Å². The second-order valence-electron chi connectivity index (χ2n) is 9.36. The lowest BCUT2D eigenvalue weighted by atomic mass is 9.81. The van der Waals surface area contributed by atoms with Crippen molar-refractivity contribution in [3.05, 3.63) is 36.2 Å². The summed E-state index contributed by atoms with van der Waals surface area (Å²) in [5, 5.41) is 0. The minimum Gasteiger partial charge on any atom is -0.379 e. The topological polar surface area (TPSA) is 96.2 Å². The van der Waals surface area contributed by atoms with Gasteiger partial charge in [0.25, 0.3) is 0 Å². The Labute approximate surface area is 185 Å². The molecule has 0 aliphatic carbocycles. The number of primary amides is 1. The number of carbonyl (C=O) groups excluding carboxylic acids is 1. The Kier molecular flexibility index (Phi) is 6.06. The fourth-order valence-electron chi connectivity index (χ4n) is 4.77. The molecule has 3 heterocycles. The van der Waals surface area contributed by atoms with Crippen LogP contribution in [0.3, 0.4) is 0 Å². The van der Waals surface area contributed by atoms with Crippen LogP contribution >= 0.6 is 0 Å². The van der Waals surface area contributed by atoms with Gasteiger partial charge in [-0.3, -0.25) is 14.0 Å². The van der Waals surface area contributed by atoms with Crippen LogP contribution in [0.1, 0.15) is 38.7 Å². The Morgan fingerprint density at radius 1 is 1.16 bits per heavy atom. The van der Waals surface area contributed by atoms with Crippen molar-refractivity contribution in [2.24, 2.45) is 5.73 Å². The van der Waals surface area contributed by atoms with E-state index in [0.29, 0.717) is 25.1 Å². The van der Waals surface area contributed by atoms with Crippen LogP contribution in [0, 0.1) is 6.42 Å². The highest BCUT2D eigenvalue weighted by atomic mass is 32.2. The second-order valence-corrected chi connectivity index (χ2v) is 11.1. The summed E-state index contributed by atoms with van der Waals surface area (Å²) >= 11 is 0. The van der Waals surface area contributed by atoms with Gasteiger partial charge in [0.05, 0.1) is 25.4 Å². The van der Waals surface area contributed by atoms with Gasteiger partial charge >= 0.3 is 10.2 Å². The van der Waals surface area contributed by atoms with Crippen molar-refractivity contribution in [3.8, 4) is 0 Å². The van der Waals surface area contributed by atoms with E-state index in [1.807, 2.05) is 24.3 Å². The molecule has 171 valence electrons. The number of nitrogens with zero attached hydrogens (tertiary/aromatic N) is 3. The second kappa shape index (κ2) is 8.35. The summed E-state index contributed by atoms with van der Waals surface area (Å²) in [7, 11) is -3.80. The summed E-state index contributed by atoms with van der Waals surface area (Å²) in [6.45, 7) is 9.30. The predicted molar refractivity (Wildman–Crippen MR) is 120 cm³/mol. The molecule has 8 nitrogen and oxygen atoms in total. The third-order valence-corrected chi connectivity index (χ3v) is 8.92. The molecule has 2 N–H and O–H groups in total. The van der Waals surface area contributed by atoms with Gasteiger partial charge in [-0.2, -0.15) is 12.7 Å². The van der Waals surface area contributed by atoms with Gasteiger partial charge in [0.15, 0.2) is 0 Å². The zero-order valence-corrected chi connectivity index (χ0v) is 19.2. The van der Waals surface area contributed by atoms with Crippen LogP contribution in [-0.2, 0) is 25.2 Å². The molecule has 1 radical (unpaired) electrons. The van der Waals surface area contributed by atoms with Gasteiger partial charge in [0, 0.05) is 19.6 Å². The minimum absolute atomic E-state index is 0.0322. The summed E-state index contributed by atoms with van der Waals surface area (Å²) in [4.78, 5) is 14.7. The highest BCUT2D eigenvalue weighted by Crippen LogP contribution is 2.41. The lowest BCUT2D eigenvalue weighted by Crippen LogP contribution is -2.59. The van der Waals surface area contributed by atoms with E-state index in [-0.39, 0.29) is 12.0 Å². The van der Waals surface area contributed by atoms with Crippen molar-refractivity contribution in [2.75, 3.05) is 50.2 Å². The Bertz CT molecular complexity index is 912. The largest absolute Gasteiger partial charge is 0.379 e. The predicted octanol–water partition coefficient (Wildman–Crippen LogP) is 1.28. The molecule has 3 fully saturated rings. The first-order valence-electron chi connectivity index (χ1n) is 11.0. The molecule has 1 aromatic rings. The lowest BCUT2D eigenvalue weighted by molar-refractivity contribution is -0.125. The van der Waals surface area contributed by atoms with Gasteiger partial charge in [-0.1, -0.05) is 26.0 Å². The zero-order chi connectivity index (χ0) is 22.3. The molecule has 3 saturated heterocycles. The average molecular weight is 450 g/mol. The first-order chi connectivity index (χ1) is 14.7. The number of morpholine rings is 1. The summed E-state index contributed by atoms with van der Waals surface area (Å²) in [6, 6.07) is 7.69. The number of benzene rings is 1. The highest BCUT2D eigenvalue weighted by Gasteiger charge is 2.59. The number of hydrogen-bond donors (Lipinski definition) is 1. The van der Waals surface area contributed by atoms with E-state index in [4.69, 9.17) is 10.5 Å². The Hall–Kier alpha value is -1.68. The molecule has 3 aliphatic heterocycles. The molecule has 3 aliphatic rings. The van der Waals surface area contributed by atoms with Gasteiger partial charge in [-0.25, -0.2) is 0 Å². The first kappa shape index (κ1) is 22.5. The zero-order valence-electron chi connectivity index (χ0n) is 18.4. The number of ether oxygens (including phenoxy) is 1. The molecular weight excluding hydrogens is 416 g/mol. The Morgan fingerprint density at radius 3 is 2.45 bits per heavy atom. The minimum atomic E-state index is -3.80. The fourth-order valence-corrected chi connectivity index (χ4v) is 6.75. The molecule has 1 aromatic carbocycles. The maximum absolute atomic E-state index is 13.2. The third kappa shape index (κ3) is 4.08. The van der Waals surface area contributed by atoms with E-state index in [1.54, 1.807) is 6.42 Å². The van der Waals surface area contributed by atoms with E-state index in [9.17, 15) is 13.2 Å². The molecule has 4 rings (SSSR count). The number of fused-ring (bicyclic) bond motifs is 1. The van der Waals surface area contributed by atoms with Gasteiger partial charge in [-0.15, -0.1) is 0 Å². The van der Waals surface area contributed by atoms with E-state index in [1.165, 1.54) is 8.61 Å². The number of anilines is 1. The number of nitrogens with two attached hydrogens (primary N) is 1. The number of rotatable bonds is 6. The molecular formula is C22H33N4O4S. The molecule has 0 aromatic heterocycles. The summed E-state index contributed by atoms with van der Waals surface area (Å²) in [6.07, 6.45) is 4.14. The molecule has 1 amide bonds. The lowest BCUT2D eigenvalue weighted by Gasteiger charge is -2.35. The maximum atomic E-state index is 13.2. The summed E-state index contributed by atoms with van der Waals surface area (Å²) < 4.78 is 34.4. The van der Waals surface area contributed by atoms with Crippen LogP contribution in [0.5, 0.6) is 0 Å². The van der Waals surface area contributed by atoms with Crippen molar-refractivity contribution in [1.29, 1.82) is 0 Å². The van der Waals surface area contributed by atoms with Gasteiger partial charge in [0.2, 0.25) is 5.91 Å². The molecule has 0 saturated carbocycles. The number of hydrogen-bond acceptors (Lipinski definition) is 5. The molecule has 0 bridgehead atoms. The molecule has 31 heavy (non-hydrogen) atoms. The van der Waals surface area contributed by atoms with Gasteiger partial charge < -0.3 is 10.5 Å². The SMILES string of the molecule is CC(C)(CCN1CCOCC1)c1ccc(N2C[C@@]3(C(N)=O)[CH]CCCN3S2(=O)=O)cc1. The van der Waals surface area contributed by atoms with Gasteiger partial charge in [-0.05, 0) is 55.3 Å². The molecule has 9 heteroatoms. The first-order valence-corrected chi connectivity index (χ1v) is 12.4. The van der Waals surface area contributed by atoms with Crippen LogP contribution in [0.25, 0.3) is 0 Å². The van der Waals surface area contributed by atoms with Crippen molar-refractivity contribution in [3.63, 3.8) is 0 Å². The van der Waals surface area contributed by atoms with Crippen LogP contribution in [0.2, 0.25) is 0 Å². The monoisotopic (exact) mass is 449 g/mol. The quantitative estimate of drug-likeness (QED) is 0.706. The molecule has 0 unspecified atom stereocenters. The van der Waals surface area contributed by atoms with Gasteiger partial charge in [0.1, 0.15) is 5.54 Å². The summed E-state index contributed by atoms with van der Waals surface area (Å²) in [5.41, 5.74) is 6.10. The maximum Gasteiger partial charge on any atom is 0.305 e. The van der Waals surface area contributed by atoms with E-state index >= 15 is 0 Å². The Balaban J connectivity index is 1.51. The average Bonchev–Trinajstić information content (AvgIpc) is 3.02. The molecule has 1 atom stereocenters. The number of carbonyl (C=O) groups is 1. The normalized spacial score (nSPS) is 27.2. The Morgan fingerprint density at radius 2 is 1.84 bits per heavy atom. The number of piperidine rings is 1. The van der Waals surface area contributed by atoms with E-state index in [2.05, 4.69) is 18.7 Å². The van der Waals surface area contributed by atoms with Crippen molar-refractivity contribution < 1.29 is 17.9 Å². The summed E-state index contributed by atoms with van der Waals surface area (Å²) in [5.74, 6) is -0.612. The van der Waals surface area contributed by atoms with E-state index in [0.717, 1.165) is 44.8 Å². The van der Waals surface area contributed by atoms with Crippen LogP contribution in [-0.4, -0.2) is 75.0 Å². The third-order valence-electron chi connectivity index (χ3n) is 6.95. The molecule has 0 spiro atoms. The van der Waals surface area contributed by atoms with Crippen molar-refractivity contribution in [1.82, 2.24) is 9.21 Å². The number of amides is 1. The standard InChI is InChI=1S/C22H33N4O4S/c1-21(2,10-12-24-13-15-30-16-14-24)18-5-7-19(8-6-18)25-17-22(20(23)27)9-3-4-11-26(22)31(25,28)29/h5-9H,3-4,10-17H2,1-2H3,(H2,23,27)/t22-/m1/s1. The van der Waals surface area contributed by atoms with E-state index < -0.39 is 21.7 Å².